The number of ether oxygens (including phenoxy) is 2. The van der Waals surface area contributed by atoms with Crippen molar-refractivity contribution < 1.29 is 52.7 Å². The SMILES string of the molecule is Cc1nc2c(N)cc(N3CCOCC3)nn2c1Nc1cccc(C(F)(F)F)c1CN1CC2(CCS2(=O)=O)C1.Cc1nc2c(N=CN(C)C)cc(N3CCOCC3)nn2c1Nc1cccc(C(F)(F)F)c1CN1CC2(CCS2(=O)=O)C1. The van der Waals surface area contributed by atoms with Gasteiger partial charge in [0.05, 0.1) is 82.0 Å². The Morgan fingerprint density at radius 3 is 1.50 bits per heavy atom. The number of halogens is 6. The first-order valence-electron chi connectivity index (χ1n) is 26.1. The van der Waals surface area contributed by atoms with Crippen molar-refractivity contribution in [2.24, 2.45) is 4.99 Å². The van der Waals surface area contributed by atoms with E-state index < -0.39 is 52.6 Å². The first-order chi connectivity index (χ1) is 37.8. The van der Waals surface area contributed by atoms with Gasteiger partial charge in [-0.25, -0.2) is 31.8 Å². The fourth-order valence-corrected chi connectivity index (χ4v) is 15.0. The predicted molar refractivity (Wildman–Crippen MR) is 290 cm³/mol. The molecular weight excluding hydrogens is 1100 g/mol. The van der Waals surface area contributed by atoms with E-state index in [4.69, 9.17) is 25.4 Å². The molecule has 2 spiro atoms. The van der Waals surface area contributed by atoms with E-state index in [0.717, 1.165) is 12.1 Å². The van der Waals surface area contributed by atoms with Crippen LogP contribution >= 0.6 is 0 Å². The molecule has 0 unspecified atom stereocenters. The Balaban J connectivity index is 0.000000170. The van der Waals surface area contributed by atoms with E-state index in [0.29, 0.717) is 123 Å². The molecule has 10 heterocycles. The summed E-state index contributed by atoms with van der Waals surface area (Å²) in [6.45, 7) is 9.10. The molecule has 0 amide bonds. The smallest absolute Gasteiger partial charge is 0.396 e. The van der Waals surface area contributed by atoms with Gasteiger partial charge >= 0.3 is 12.4 Å². The Morgan fingerprint density at radius 1 is 0.675 bits per heavy atom. The molecule has 29 heteroatoms. The number of anilines is 7. The lowest BCUT2D eigenvalue weighted by molar-refractivity contribution is -0.139. The highest BCUT2D eigenvalue weighted by Crippen LogP contribution is 2.47. The number of aryl methyl sites for hydroxylation is 2. The van der Waals surface area contributed by atoms with Crippen molar-refractivity contribution in [1.29, 1.82) is 0 Å². The number of sulfone groups is 2. The zero-order valence-electron chi connectivity index (χ0n) is 44.4. The van der Waals surface area contributed by atoms with E-state index in [2.05, 4.69) is 30.5 Å². The lowest BCUT2D eigenvalue weighted by atomic mass is 9.93. The molecule has 6 aromatic rings. The van der Waals surface area contributed by atoms with Gasteiger partial charge in [0.25, 0.3) is 0 Å². The number of hydrogen-bond donors (Lipinski definition) is 3. The highest BCUT2D eigenvalue weighted by Gasteiger charge is 2.60. The average molecular weight is 1160 g/mol. The van der Waals surface area contributed by atoms with Crippen LogP contribution in [0.25, 0.3) is 11.3 Å². The summed E-state index contributed by atoms with van der Waals surface area (Å²) in [7, 11) is -2.65. The zero-order chi connectivity index (χ0) is 56.7. The molecule has 0 bridgehead atoms. The molecule has 80 heavy (non-hydrogen) atoms. The minimum atomic E-state index is -4.59. The third-order valence-corrected chi connectivity index (χ3v) is 20.9. The zero-order valence-corrected chi connectivity index (χ0v) is 46.0. The van der Waals surface area contributed by atoms with Gasteiger partial charge in [-0.2, -0.15) is 35.4 Å². The number of nitrogens with one attached hydrogen (secondary N) is 2. The van der Waals surface area contributed by atoms with E-state index in [9.17, 15) is 43.2 Å². The van der Waals surface area contributed by atoms with E-state index in [1.165, 1.54) is 16.6 Å². The second kappa shape index (κ2) is 20.5. The molecule has 430 valence electrons. The average Bonchev–Trinajstić information content (AvgIpc) is 3.80. The number of alkyl halides is 6. The largest absolute Gasteiger partial charge is 0.416 e. The number of nitrogens with two attached hydrogens (primary N) is 1. The minimum Gasteiger partial charge on any atom is -0.396 e. The van der Waals surface area contributed by atoms with Crippen LogP contribution in [0.15, 0.2) is 53.5 Å². The Hall–Kier alpha value is -6.53. The third kappa shape index (κ3) is 10.2. The maximum absolute atomic E-state index is 14.2. The number of fused-ring (bicyclic) bond motifs is 2. The van der Waals surface area contributed by atoms with E-state index in [1.54, 1.807) is 57.6 Å². The maximum atomic E-state index is 14.2. The second-order valence-corrected chi connectivity index (χ2v) is 26.5. The van der Waals surface area contributed by atoms with Crippen LogP contribution in [0.3, 0.4) is 0 Å². The number of likely N-dealkylation sites (tertiary alicyclic amines) is 2. The highest BCUT2D eigenvalue weighted by atomic mass is 32.2. The minimum absolute atomic E-state index is 0.0400. The molecule has 4 aromatic heterocycles. The summed E-state index contributed by atoms with van der Waals surface area (Å²) >= 11 is 0. The number of benzene rings is 2. The molecule has 6 aliphatic rings. The normalized spacial score (nSPS) is 20.5. The standard InChI is InChI=1S/C27H33F3N8O3S.C24H28F3N7O3S/c1-18-24(38-25(32-18)22(31-17-35(2)3)13-23(34-38)37-8-10-41-11-9-37)33-21-6-4-5-20(27(28,29)30)19(21)14-36-15-26(16-36)7-12-42(26,39)40;1-15-21(34-22(29-15)18(28)11-20(31-34)33-6-8-37-9-7-33)30-19-4-2-3-17(24(25,26)27)16(19)12-32-13-23(14-32)5-10-38(23,35)36/h4-6,13,17,33H,7-12,14-16H2,1-3H3;2-4,11,30H,5-10,12-14,28H2,1H3. The van der Waals surface area contributed by atoms with Crippen LogP contribution in [-0.2, 0) is 54.6 Å². The van der Waals surface area contributed by atoms with Crippen LogP contribution < -0.4 is 26.2 Å². The monoisotopic (exact) mass is 1160 g/mol. The van der Waals surface area contributed by atoms with E-state index >= 15 is 0 Å². The fourth-order valence-electron chi connectivity index (χ4n) is 11.3. The van der Waals surface area contributed by atoms with Gasteiger partial charge in [0.2, 0.25) is 0 Å². The lowest BCUT2D eigenvalue weighted by Gasteiger charge is -2.54. The van der Waals surface area contributed by atoms with Crippen LogP contribution in [0.2, 0.25) is 0 Å². The summed E-state index contributed by atoms with van der Waals surface area (Å²) < 4.78 is 146. The number of aromatic nitrogens is 6. The summed E-state index contributed by atoms with van der Waals surface area (Å²) in [6, 6.07) is 11.6. The molecule has 0 saturated carbocycles. The molecule has 21 nitrogen and oxygen atoms in total. The van der Waals surface area contributed by atoms with Crippen LogP contribution in [0.4, 0.5) is 72.4 Å². The first-order valence-corrected chi connectivity index (χ1v) is 29.4. The molecule has 2 aromatic carbocycles. The fraction of sp³-hybridized carbons (Fsp3) is 0.510. The van der Waals surface area contributed by atoms with Crippen LogP contribution in [-0.4, -0.2) is 181 Å². The van der Waals surface area contributed by atoms with Crippen molar-refractivity contribution in [3.05, 3.63) is 82.2 Å². The maximum Gasteiger partial charge on any atom is 0.416 e. The summed E-state index contributed by atoms with van der Waals surface area (Å²) in [5, 5.41) is 15.9. The van der Waals surface area contributed by atoms with Gasteiger partial charge in [-0.3, -0.25) is 9.80 Å². The molecule has 4 N–H and O–H groups in total. The van der Waals surface area contributed by atoms with Crippen molar-refractivity contribution in [1.82, 2.24) is 43.9 Å². The highest BCUT2D eigenvalue weighted by molar-refractivity contribution is 7.94. The number of aliphatic imine (C=N–C) groups is 1. The van der Waals surface area contributed by atoms with Gasteiger partial charge < -0.3 is 40.5 Å². The van der Waals surface area contributed by atoms with Gasteiger partial charge in [0, 0.05) is 114 Å². The van der Waals surface area contributed by atoms with Crippen molar-refractivity contribution in [3.63, 3.8) is 0 Å². The number of imidazole rings is 2. The van der Waals surface area contributed by atoms with Gasteiger partial charge in [-0.1, -0.05) is 12.1 Å². The molecule has 12 rings (SSSR count). The molecule has 0 atom stereocenters. The topological polar surface area (TPSA) is 226 Å². The van der Waals surface area contributed by atoms with Gasteiger partial charge in [-0.15, -0.1) is 10.2 Å². The molecule has 6 fully saturated rings. The van der Waals surface area contributed by atoms with Crippen molar-refractivity contribution in [3.8, 4) is 0 Å². The van der Waals surface area contributed by atoms with Crippen molar-refractivity contribution in [2.75, 3.05) is 131 Å². The Bertz CT molecular complexity index is 3620. The number of hydrogen-bond acceptors (Lipinski definition) is 18. The molecule has 6 aliphatic heterocycles. The number of nitrogens with zero attached hydrogens (tertiary/aromatic N) is 12. The van der Waals surface area contributed by atoms with Gasteiger partial charge in [0.15, 0.2) is 54.2 Å². The van der Waals surface area contributed by atoms with Gasteiger partial charge in [0.1, 0.15) is 5.69 Å². The summed E-state index contributed by atoms with van der Waals surface area (Å²) in [5.74, 6) is 2.38. The molecule has 0 radical (unpaired) electrons. The van der Waals surface area contributed by atoms with Crippen molar-refractivity contribution in [2.45, 2.75) is 61.6 Å². The molecular formula is C51H61F6N15O6S2. The summed E-state index contributed by atoms with van der Waals surface area (Å²) in [5.41, 5.74) is 8.22. The quantitative estimate of drug-likeness (QED) is 0.0745. The van der Waals surface area contributed by atoms with E-state index in [-0.39, 0.29) is 73.3 Å². The Morgan fingerprint density at radius 2 is 1.10 bits per heavy atom. The second-order valence-electron chi connectivity index (χ2n) is 21.5. The number of rotatable bonds is 12. The molecule has 6 saturated heterocycles. The number of morpholine rings is 2. The molecule has 0 aliphatic carbocycles. The van der Waals surface area contributed by atoms with Crippen molar-refractivity contribution >= 4 is 83.3 Å². The number of nitrogen functional groups attached to an aromatic ring is 1. The predicted octanol–water partition coefficient (Wildman–Crippen LogP) is 5.82. The van der Waals surface area contributed by atoms with Crippen LogP contribution in [0.1, 0.15) is 46.5 Å². The first kappa shape index (κ1) is 55.4. The van der Waals surface area contributed by atoms with E-state index in [1.807, 2.05) is 25.1 Å². The third-order valence-electron chi connectivity index (χ3n) is 15.8. The summed E-state index contributed by atoms with van der Waals surface area (Å²) in [6.07, 6.45) is -6.42. The van der Waals surface area contributed by atoms with Gasteiger partial charge in [-0.05, 0) is 51.0 Å². The summed E-state index contributed by atoms with van der Waals surface area (Å²) in [4.78, 5) is 23.2. The van der Waals surface area contributed by atoms with Crippen LogP contribution in [0.5, 0.6) is 0 Å². The lowest BCUT2D eigenvalue weighted by Crippen LogP contribution is -2.71. The Kier molecular flexibility index (Phi) is 14.2. The Labute approximate surface area is 457 Å². The van der Waals surface area contributed by atoms with Crippen LogP contribution in [0, 0.1) is 13.8 Å².